The first kappa shape index (κ1) is 21.0. The highest BCUT2D eigenvalue weighted by molar-refractivity contribution is 8.00. The summed E-state index contributed by atoms with van der Waals surface area (Å²) in [4.78, 5) is 8.03. The van der Waals surface area contributed by atoms with E-state index in [-0.39, 0.29) is 10.6 Å². The van der Waals surface area contributed by atoms with E-state index in [1.54, 1.807) is 0 Å². The molecule has 28 heavy (non-hydrogen) atoms. The number of nitrogens with one attached hydrogen (secondary N) is 3. The molecule has 0 radical (unpaired) electrons. The summed E-state index contributed by atoms with van der Waals surface area (Å²) in [6.45, 7) is 8.35. The van der Waals surface area contributed by atoms with E-state index >= 15 is 0 Å². The third kappa shape index (κ3) is 5.41. The maximum atomic E-state index is 13.3. The lowest BCUT2D eigenvalue weighted by Crippen LogP contribution is -2.41. The van der Waals surface area contributed by atoms with Gasteiger partial charge in [0.1, 0.15) is 5.82 Å². The number of guanidine groups is 1. The summed E-state index contributed by atoms with van der Waals surface area (Å²) >= 11 is 2.01. The number of benzene rings is 1. The number of thioether (sulfide) groups is 1. The lowest BCUT2D eigenvalue weighted by molar-refractivity contribution is 0.0793. The van der Waals surface area contributed by atoms with Gasteiger partial charge in [0, 0.05) is 48.2 Å². The fraction of sp³-hybridized carbons (Fsp3) is 0.571. The van der Waals surface area contributed by atoms with Crippen LogP contribution in [0.3, 0.4) is 0 Å². The molecule has 3 rings (SSSR count). The monoisotopic (exact) mass is 406 g/mol. The van der Waals surface area contributed by atoms with Crippen LogP contribution in [0, 0.1) is 5.82 Å². The van der Waals surface area contributed by atoms with Gasteiger partial charge in [0.05, 0.1) is 6.54 Å². The highest BCUT2D eigenvalue weighted by Crippen LogP contribution is 2.35. The second-order valence-electron chi connectivity index (χ2n) is 7.10. The summed E-state index contributed by atoms with van der Waals surface area (Å²) in [5.74, 6) is 1.74. The van der Waals surface area contributed by atoms with Crippen molar-refractivity contribution in [3.05, 3.63) is 35.8 Å². The fourth-order valence-corrected chi connectivity index (χ4v) is 4.87. The summed E-state index contributed by atoms with van der Waals surface area (Å²) in [5, 5.41) is 7.87. The minimum Gasteiger partial charge on any atom is -0.381 e. The van der Waals surface area contributed by atoms with E-state index in [1.165, 1.54) is 17.7 Å². The smallest absolute Gasteiger partial charge is 0.191 e. The number of aromatic nitrogens is 1. The summed E-state index contributed by atoms with van der Waals surface area (Å²) in [6.07, 6.45) is 4.92. The molecule has 5 nitrogen and oxygen atoms in total. The number of halogens is 1. The second kappa shape index (κ2) is 10.2. The molecule has 7 heteroatoms. The summed E-state index contributed by atoms with van der Waals surface area (Å²) < 4.78 is 19.1. The van der Waals surface area contributed by atoms with Gasteiger partial charge in [-0.25, -0.2) is 4.39 Å². The van der Waals surface area contributed by atoms with Crippen LogP contribution in [0.15, 0.2) is 29.4 Å². The Hall–Kier alpha value is -1.73. The Labute approximate surface area is 170 Å². The van der Waals surface area contributed by atoms with Gasteiger partial charge in [0.15, 0.2) is 5.96 Å². The average molecular weight is 407 g/mol. The molecule has 1 saturated heterocycles. The van der Waals surface area contributed by atoms with Gasteiger partial charge in [0.25, 0.3) is 0 Å². The zero-order valence-electron chi connectivity index (χ0n) is 16.8. The van der Waals surface area contributed by atoms with Crippen molar-refractivity contribution in [3.63, 3.8) is 0 Å². The number of nitrogens with zero attached hydrogens (tertiary/aromatic N) is 1. The van der Waals surface area contributed by atoms with E-state index in [2.05, 4.69) is 29.5 Å². The fourth-order valence-electron chi connectivity index (χ4n) is 3.64. The standard InChI is InChI=1S/C21H31FN4OS/c1-3-23-20(26-15-21(28-4-2)8-11-27-12-9-21)24-10-7-16-14-25-19-13-17(22)5-6-18(16)19/h5-6,13-14,25H,3-4,7-12,15H2,1-2H3,(H2,23,24,26). The molecule has 154 valence electrons. The highest BCUT2D eigenvalue weighted by atomic mass is 32.2. The zero-order chi connectivity index (χ0) is 19.8. The van der Waals surface area contributed by atoms with Gasteiger partial charge < -0.3 is 20.4 Å². The van der Waals surface area contributed by atoms with Gasteiger partial charge >= 0.3 is 0 Å². The topological polar surface area (TPSA) is 61.4 Å². The first-order chi connectivity index (χ1) is 13.7. The quantitative estimate of drug-likeness (QED) is 0.462. The molecule has 0 unspecified atom stereocenters. The molecule has 0 aliphatic carbocycles. The van der Waals surface area contributed by atoms with Crippen LogP contribution >= 0.6 is 11.8 Å². The lowest BCUT2D eigenvalue weighted by atomic mass is 9.99. The Balaban J connectivity index is 1.59. The third-order valence-corrected chi connectivity index (χ3v) is 6.58. The van der Waals surface area contributed by atoms with Gasteiger partial charge in [-0.2, -0.15) is 11.8 Å². The number of fused-ring (bicyclic) bond motifs is 1. The number of hydrogen-bond donors (Lipinski definition) is 3. The van der Waals surface area contributed by atoms with Crippen molar-refractivity contribution in [3.8, 4) is 0 Å². The molecule has 0 spiro atoms. The van der Waals surface area contributed by atoms with E-state index in [9.17, 15) is 4.39 Å². The molecule has 1 aliphatic rings. The van der Waals surface area contributed by atoms with Crippen LogP contribution in [-0.2, 0) is 11.2 Å². The van der Waals surface area contributed by atoms with E-state index < -0.39 is 0 Å². The van der Waals surface area contributed by atoms with Crippen LogP contribution in [0.25, 0.3) is 10.9 Å². The van der Waals surface area contributed by atoms with Crippen LogP contribution in [0.4, 0.5) is 4.39 Å². The number of aliphatic imine (C=N–C) groups is 1. The van der Waals surface area contributed by atoms with Gasteiger partial charge in [-0.15, -0.1) is 0 Å². The normalized spacial score (nSPS) is 17.0. The van der Waals surface area contributed by atoms with E-state index in [1.807, 2.05) is 24.0 Å². The molecule has 1 fully saturated rings. The minimum atomic E-state index is -0.215. The average Bonchev–Trinajstić information content (AvgIpc) is 3.09. The molecule has 0 saturated carbocycles. The number of ether oxygens (including phenoxy) is 1. The van der Waals surface area contributed by atoms with E-state index in [4.69, 9.17) is 9.73 Å². The predicted molar refractivity (Wildman–Crippen MR) is 117 cm³/mol. The van der Waals surface area contributed by atoms with Crippen LogP contribution in [0.2, 0.25) is 0 Å². The number of aromatic amines is 1. The Bertz CT molecular complexity index is 780. The molecule has 2 heterocycles. The van der Waals surface area contributed by atoms with Crippen molar-refractivity contribution in [2.75, 3.05) is 38.6 Å². The molecular weight excluding hydrogens is 375 g/mol. The first-order valence-electron chi connectivity index (χ1n) is 10.1. The summed E-state index contributed by atoms with van der Waals surface area (Å²) in [5.41, 5.74) is 2.02. The molecule has 3 N–H and O–H groups in total. The van der Waals surface area contributed by atoms with Crippen LogP contribution < -0.4 is 10.6 Å². The molecular formula is C21H31FN4OS. The number of hydrogen-bond acceptors (Lipinski definition) is 3. The molecule has 0 bridgehead atoms. The number of H-pyrrole nitrogens is 1. The number of rotatable bonds is 8. The van der Waals surface area contributed by atoms with Crippen LogP contribution in [0.1, 0.15) is 32.3 Å². The van der Waals surface area contributed by atoms with E-state index in [0.717, 1.165) is 74.7 Å². The van der Waals surface area contributed by atoms with Crippen molar-refractivity contribution in [1.29, 1.82) is 0 Å². The van der Waals surface area contributed by atoms with Crippen LogP contribution in [-0.4, -0.2) is 54.3 Å². The molecule has 0 atom stereocenters. The Morgan fingerprint density at radius 3 is 2.86 bits per heavy atom. The third-order valence-electron chi connectivity index (χ3n) is 5.14. The van der Waals surface area contributed by atoms with Gasteiger partial charge in [-0.1, -0.05) is 6.92 Å². The highest BCUT2D eigenvalue weighted by Gasteiger charge is 2.32. The van der Waals surface area contributed by atoms with Crippen LogP contribution in [0.5, 0.6) is 0 Å². The summed E-state index contributed by atoms with van der Waals surface area (Å²) in [7, 11) is 0. The SMILES string of the molecule is CCNC(=NCC1(SCC)CCOCC1)NCCc1c[nH]c2cc(F)ccc12. The minimum absolute atomic E-state index is 0.191. The lowest BCUT2D eigenvalue weighted by Gasteiger charge is -2.35. The first-order valence-corrected chi connectivity index (χ1v) is 11.1. The zero-order valence-corrected chi connectivity index (χ0v) is 17.6. The molecule has 1 aliphatic heterocycles. The largest absolute Gasteiger partial charge is 0.381 e. The Kier molecular flexibility index (Phi) is 7.62. The van der Waals surface area contributed by atoms with Crippen molar-refractivity contribution in [2.45, 2.75) is 37.9 Å². The molecule has 1 aromatic carbocycles. The van der Waals surface area contributed by atoms with Gasteiger partial charge in [0.2, 0.25) is 0 Å². The Morgan fingerprint density at radius 1 is 1.29 bits per heavy atom. The van der Waals surface area contributed by atoms with Crippen molar-refractivity contribution in [1.82, 2.24) is 15.6 Å². The van der Waals surface area contributed by atoms with Gasteiger partial charge in [-0.05, 0) is 55.7 Å². The van der Waals surface area contributed by atoms with Crippen molar-refractivity contribution < 1.29 is 9.13 Å². The molecule has 0 amide bonds. The predicted octanol–water partition coefficient (Wildman–Crippen LogP) is 3.71. The van der Waals surface area contributed by atoms with Crippen molar-refractivity contribution >= 4 is 28.6 Å². The molecule has 2 aromatic rings. The van der Waals surface area contributed by atoms with Gasteiger partial charge in [-0.3, -0.25) is 4.99 Å². The Morgan fingerprint density at radius 2 is 2.11 bits per heavy atom. The summed E-state index contributed by atoms with van der Waals surface area (Å²) in [6, 6.07) is 4.89. The maximum absolute atomic E-state index is 13.3. The maximum Gasteiger partial charge on any atom is 0.191 e. The van der Waals surface area contributed by atoms with E-state index in [0.29, 0.717) is 0 Å². The molecule has 1 aromatic heterocycles. The second-order valence-corrected chi connectivity index (χ2v) is 8.84. The van der Waals surface area contributed by atoms with Crippen molar-refractivity contribution in [2.24, 2.45) is 4.99 Å².